The summed E-state index contributed by atoms with van der Waals surface area (Å²) in [5, 5.41) is 11.2. The van der Waals surface area contributed by atoms with Crippen LogP contribution < -0.4 is 9.47 Å². The van der Waals surface area contributed by atoms with E-state index < -0.39 is 17.2 Å². The maximum atomic E-state index is 11.3. The zero-order valence-corrected chi connectivity index (χ0v) is 12.9. The molecule has 126 valence electrons. The van der Waals surface area contributed by atoms with Crippen LogP contribution in [-0.2, 0) is 14.3 Å². The van der Waals surface area contributed by atoms with E-state index in [0.717, 1.165) is 19.3 Å². The van der Waals surface area contributed by atoms with Gasteiger partial charge >= 0.3 is 11.7 Å². The fourth-order valence-corrected chi connectivity index (χ4v) is 2.13. The third-order valence-electron chi connectivity index (χ3n) is 3.18. The fraction of sp³-hybridized carbons (Fsp3) is 0.533. The van der Waals surface area contributed by atoms with Gasteiger partial charge in [0, 0.05) is 6.42 Å². The summed E-state index contributed by atoms with van der Waals surface area (Å²) in [4.78, 5) is 21.8. The molecule has 1 aliphatic rings. The van der Waals surface area contributed by atoms with Gasteiger partial charge in [0.05, 0.1) is 24.2 Å². The van der Waals surface area contributed by atoms with Crippen molar-refractivity contribution >= 4 is 11.7 Å². The highest BCUT2D eigenvalue weighted by atomic mass is 16.7. The van der Waals surface area contributed by atoms with Gasteiger partial charge in [-0.2, -0.15) is 0 Å². The van der Waals surface area contributed by atoms with Gasteiger partial charge in [0.1, 0.15) is 5.75 Å². The molecular formula is C15H19NO7. The predicted octanol–water partition coefficient (Wildman–Crippen LogP) is 2.44. The second kappa shape index (κ2) is 8.33. The number of esters is 1. The highest BCUT2D eigenvalue weighted by molar-refractivity contribution is 5.71. The van der Waals surface area contributed by atoms with Gasteiger partial charge in [-0.25, -0.2) is 4.79 Å². The summed E-state index contributed by atoms with van der Waals surface area (Å²) in [5.41, 5.74) is -0.275. The molecule has 1 aromatic carbocycles. The molecule has 1 aliphatic heterocycles. The van der Waals surface area contributed by atoms with E-state index in [1.165, 1.54) is 12.1 Å². The smallest absolute Gasteiger partial charge is 0.344 e. The summed E-state index contributed by atoms with van der Waals surface area (Å²) in [6.45, 7) is 2.12. The molecule has 2 rings (SSSR count). The molecule has 0 N–H and O–H groups in total. The Morgan fingerprint density at radius 2 is 2.26 bits per heavy atom. The highest BCUT2D eigenvalue weighted by Crippen LogP contribution is 2.32. The summed E-state index contributed by atoms with van der Waals surface area (Å²) >= 11 is 0. The minimum atomic E-state index is -0.588. The average molecular weight is 325 g/mol. The molecule has 1 fully saturated rings. The molecular weight excluding hydrogens is 306 g/mol. The molecule has 0 bridgehead atoms. The minimum Gasteiger partial charge on any atom is -0.475 e. The lowest BCUT2D eigenvalue weighted by atomic mass is 10.2. The quantitative estimate of drug-likeness (QED) is 0.431. The molecule has 0 radical (unpaired) electrons. The van der Waals surface area contributed by atoms with Crippen molar-refractivity contribution in [1.82, 2.24) is 0 Å². The molecule has 1 saturated heterocycles. The van der Waals surface area contributed by atoms with E-state index in [4.69, 9.17) is 18.9 Å². The summed E-state index contributed by atoms with van der Waals surface area (Å²) < 4.78 is 20.9. The van der Waals surface area contributed by atoms with Crippen LogP contribution in [0.3, 0.4) is 0 Å². The number of nitrogens with zero attached hydrogens (tertiary/aromatic N) is 1. The lowest BCUT2D eigenvalue weighted by Gasteiger charge is -2.23. The Bertz CT molecular complexity index is 555. The Morgan fingerprint density at radius 1 is 1.43 bits per heavy atom. The zero-order valence-electron chi connectivity index (χ0n) is 12.9. The minimum absolute atomic E-state index is 0.0139. The molecule has 0 spiro atoms. The number of nitro benzene ring substituents is 1. The van der Waals surface area contributed by atoms with Crippen LogP contribution >= 0.6 is 0 Å². The lowest BCUT2D eigenvalue weighted by molar-refractivity contribution is -0.385. The van der Waals surface area contributed by atoms with Gasteiger partial charge in [-0.3, -0.25) is 10.1 Å². The summed E-state index contributed by atoms with van der Waals surface area (Å²) in [5.74, 6) is -0.273. The number of hydrogen-bond donors (Lipinski definition) is 0. The molecule has 0 aliphatic carbocycles. The van der Waals surface area contributed by atoms with Crippen molar-refractivity contribution in [1.29, 1.82) is 0 Å². The number of benzene rings is 1. The first-order chi connectivity index (χ1) is 11.1. The first kappa shape index (κ1) is 17.0. The SMILES string of the molecule is CCOC(=O)COc1ccc(OC2CCCCO2)cc1[N+](=O)[O-]. The van der Waals surface area contributed by atoms with Crippen molar-refractivity contribution in [3.8, 4) is 11.5 Å². The molecule has 0 saturated carbocycles. The van der Waals surface area contributed by atoms with Gasteiger partial charge in [-0.05, 0) is 31.9 Å². The molecule has 1 heterocycles. The maximum Gasteiger partial charge on any atom is 0.344 e. The van der Waals surface area contributed by atoms with Gasteiger partial charge in [-0.1, -0.05) is 0 Å². The van der Waals surface area contributed by atoms with Crippen molar-refractivity contribution in [3.05, 3.63) is 28.3 Å². The molecule has 0 aromatic heterocycles. The number of carbonyl (C=O) groups excluding carboxylic acids is 1. The van der Waals surface area contributed by atoms with Gasteiger partial charge < -0.3 is 18.9 Å². The predicted molar refractivity (Wildman–Crippen MR) is 79.4 cm³/mol. The first-order valence-electron chi connectivity index (χ1n) is 7.45. The Morgan fingerprint density at radius 3 is 2.91 bits per heavy atom. The normalized spacial score (nSPS) is 17.3. The van der Waals surface area contributed by atoms with Crippen LogP contribution in [-0.4, -0.2) is 37.0 Å². The van der Waals surface area contributed by atoms with Crippen molar-refractivity contribution in [2.75, 3.05) is 19.8 Å². The summed E-state index contributed by atoms with van der Waals surface area (Å²) in [6.07, 6.45) is 2.33. The Kier molecular flexibility index (Phi) is 6.16. The number of ether oxygens (including phenoxy) is 4. The van der Waals surface area contributed by atoms with E-state index in [1.54, 1.807) is 13.0 Å². The van der Waals surface area contributed by atoms with E-state index in [9.17, 15) is 14.9 Å². The number of hydrogen-bond acceptors (Lipinski definition) is 7. The second-order valence-electron chi connectivity index (χ2n) is 4.89. The molecule has 8 heteroatoms. The molecule has 1 atom stereocenters. The maximum absolute atomic E-state index is 11.3. The van der Waals surface area contributed by atoms with Crippen LogP contribution in [0, 0.1) is 10.1 Å². The van der Waals surface area contributed by atoms with Gasteiger partial charge in [0.25, 0.3) is 0 Å². The number of rotatable bonds is 7. The van der Waals surface area contributed by atoms with Gasteiger partial charge in [0.15, 0.2) is 18.6 Å². The van der Waals surface area contributed by atoms with Crippen LogP contribution in [0.4, 0.5) is 5.69 Å². The zero-order chi connectivity index (χ0) is 16.7. The molecule has 23 heavy (non-hydrogen) atoms. The molecule has 1 unspecified atom stereocenters. The van der Waals surface area contributed by atoms with Crippen molar-refractivity contribution < 1.29 is 28.7 Å². The van der Waals surface area contributed by atoms with E-state index in [0.29, 0.717) is 12.4 Å². The van der Waals surface area contributed by atoms with Crippen LogP contribution in [0.1, 0.15) is 26.2 Å². The Balaban J connectivity index is 2.04. The van der Waals surface area contributed by atoms with Crippen molar-refractivity contribution in [2.45, 2.75) is 32.5 Å². The van der Waals surface area contributed by atoms with E-state index in [2.05, 4.69) is 0 Å². The lowest BCUT2D eigenvalue weighted by Crippen LogP contribution is -2.25. The third kappa shape index (κ3) is 5.10. The largest absolute Gasteiger partial charge is 0.475 e. The van der Waals surface area contributed by atoms with Crippen LogP contribution in [0.2, 0.25) is 0 Å². The van der Waals surface area contributed by atoms with E-state index >= 15 is 0 Å². The summed E-state index contributed by atoms with van der Waals surface area (Å²) in [7, 11) is 0. The number of carbonyl (C=O) groups is 1. The third-order valence-corrected chi connectivity index (χ3v) is 3.18. The highest BCUT2D eigenvalue weighted by Gasteiger charge is 2.21. The molecule has 1 aromatic rings. The van der Waals surface area contributed by atoms with Crippen LogP contribution in [0.5, 0.6) is 11.5 Å². The van der Waals surface area contributed by atoms with E-state index in [-0.39, 0.29) is 24.7 Å². The fourth-order valence-electron chi connectivity index (χ4n) is 2.13. The average Bonchev–Trinajstić information content (AvgIpc) is 2.54. The topological polar surface area (TPSA) is 97.1 Å². The Labute approximate surface area is 133 Å². The van der Waals surface area contributed by atoms with Crippen molar-refractivity contribution in [2.24, 2.45) is 0 Å². The Hall–Kier alpha value is -2.35. The van der Waals surface area contributed by atoms with Gasteiger partial charge in [0.2, 0.25) is 0 Å². The van der Waals surface area contributed by atoms with Crippen LogP contribution in [0.15, 0.2) is 18.2 Å². The van der Waals surface area contributed by atoms with E-state index in [1.807, 2.05) is 0 Å². The monoisotopic (exact) mass is 325 g/mol. The molecule has 0 amide bonds. The first-order valence-corrected chi connectivity index (χ1v) is 7.45. The second-order valence-corrected chi connectivity index (χ2v) is 4.89. The van der Waals surface area contributed by atoms with Crippen LogP contribution in [0.25, 0.3) is 0 Å². The van der Waals surface area contributed by atoms with Crippen molar-refractivity contribution in [3.63, 3.8) is 0 Å². The van der Waals surface area contributed by atoms with Gasteiger partial charge in [-0.15, -0.1) is 0 Å². The summed E-state index contributed by atoms with van der Waals surface area (Å²) in [6, 6.07) is 4.21. The standard InChI is InChI=1S/C15H19NO7/c1-2-20-14(17)10-22-13-7-6-11(9-12(13)16(18)19)23-15-5-3-4-8-21-15/h6-7,9,15H,2-5,8,10H2,1H3. The number of nitro groups is 1. The molecule has 8 nitrogen and oxygen atoms in total.